The van der Waals surface area contributed by atoms with E-state index in [1.165, 1.54) is 26.4 Å². The molecular formula is C10H14O4. The van der Waals surface area contributed by atoms with Crippen LogP contribution in [0.4, 0.5) is 0 Å². The van der Waals surface area contributed by atoms with Crippen molar-refractivity contribution in [2.45, 2.75) is 13.8 Å². The number of esters is 2. The summed E-state index contributed by atoms with van der Waals surface area (Å²) in [7, 11) is 2.52. The van der Waals surface area contributed by atoms with Crippen LogP contribution in [0.3, 0.4) is 0 Å². The lowest BCUT2D eigenvalue weighted by molar-refractivity contribution is -0.139. The van der Waals surface area contributed by atoms with Crippen LogP contribution in [0.2, 0.25) is 0 Å². The Labute approximate surface area is 83.2 Å². The topological polar surface area (TPSA) is 52.6 Å². The minimum Gasteiger partial charge on any atom is -0.465 e. The third-order valence-electron chi connectivity index (χ3n) is 1.68. The van der Waals surface area contributed by atoms with E-state index in [4.69, 9.17) is 0 Å². The molecule has 0 atom stereocenters. The standard InChI is InChI=1S/C10H14O4/c1-5-7(9(11)13-3)8(6-2)10(12)14-4/h5-6H,1-4H3/b7-5+,8-6+. The summed E-state index contributed by atoms with van der Waals surface area (Å²) in [6.45, 7) is 3.30. The molecule has 0 amide bonds. The smallest absolute Gasteiger partial charge is 0.338 e. The van der Waals surface area contributed by atoms with Crippen molar-refractivity contribution in [3.63, 3.8) is 0 Å². The van der Waals surface area contributed by atoms with Gasteiger partial charge < -0.3 is 9.47 Å². The average Bonchev–Trinajstić information content (AvgIpc) is 2.23. The highest BCUT2D eigenvalue weighted by Gasteiger charge is 2.19. The molecular weight excluding hydrogens is 184 g/mol. The lowest BCUT2D eigenvalue weighted by Gasteiger charge is -2.06. The molecule has 0 aromatic rings. The first-order chi connectivity index (χ1) is 6.62. The van der Waals surface area contributed by atoms with E-state index in [-0.39, 0.29) is 11.1 Å². The zero-order chi connectivity index (χ0) is 11.1. The van der Waals surface area contributed by atoms with Crippen LogP contribution < -0.4 is 0 Å². The summed E-state index contributed by atoms with van der Waals surface area (Å²) in [4.78, 5) is 22.4. The summed E-state index contributed by atoms with van der Waals surface area (Å²) in [5.74, 6) is -1.10. The lowest BCUT2D eigenvalue weighted by Crippen LogP contribution is -2.14. The minimum absolute atomic E-state index is 0.210. The van der Waals surface area contributed by atoms with Gasteiger partial charge in [-0.1, -0.05) is 12.2 Å². The van der Waals surface area contributed by atoms with Crippen molar-refractivity contribution in [3.05, 3.63) is 23.3 Å². The van der Waals surface area contributed by atoms with E-state index in [1.807, 2.05) is 0 Å². The highest BCUT2D eigenvalue weighted by molar-refractivity contribution is 6.06. The molecule has 0 aromatic heterocycles. The van der Waals surface area contributed by atoms with Gasteiger partial charge in [0.15, 0.2) is 0 Å². The van der Waals surface area contributed by atoms with E-state index in [0.29, 0.717) is 0 Å². The van der Waals surface area contributed by atoms with Crippen molar-refractivity contribution in [1.82, 2.24) is 0 Å². The van der Waals surface area contributed by atoms with Gasteiger partial charge in [0.1, 0.15) is 0 Å². The van der Waals surface area contributed by atoms with Crippen LogP contribution in [0.25, 0.3) is 0 Å². The quantitative estimate of drug-likeness (QED) is 0.389. The van der Waals surface area contributed by atoms with E-state index >= 15 is 0 Å². The highest BCUT2D eigenvalue weighted by Crippen LogP contribution is 2.13. The first-order valence-corrected chi connectivity index (χ1v) is 4.12. The molecule has 0 radical (unpaired) electrons. The minimum atomic E-state index is -0.550. The van der Waals surface area contributed by atoms with Gasteiger partial charge in [0.2, 0.25) is 0 Å². The van der Waals surface area contributed by atoms with Crippen molar-refractivity contribution in [3.8, 4) is 0 Å². The van der Waals surface area contributed by atoms with Crippen molar-refractivity contribution in [2.75, 3.05) is 14.2 Å². The van der Waals surface area contributed by atoms with E-state index in [1.54, 1.807) is 13.8 Å². The van der Waals surface area contributed by atoms with Crippen LogP contribution in [0.5, 0.6) is 0 Å². The number of hydrogen-bond donors (Lipinski definition) is 0. The summed E-state index contributed by atoms with van der Waals surface area (Å²) >= 11 is 0. The maximum atomic E-state index is 11.2. The van der Waals surface area contributed by atoms with E-state index in [2.05, 4.69) is 9.47 Å². The molecule has 0 saturated carbocycles. The second kappa shape index (κ2) is 5.96. The Morgan fingerprint density at radius 2 is 1.14 bits per heavy atom. The van der Waals surface area contributed by atoms with Gasteiger partial charge in [0, 0.05) is 0 Å². The summed E-state index contributed by atoms with van der Waals surface area (Å²) in [6, 6.07) is 0. The van der Waals surface area contributed by atoms with Gasteiger partial charge >= 0.3 is 11.9 Å². The monoisotopic (exact) mass is 198 g/mol. The highest BCUT2D eigenvalue weighted by atomic mass is 16.5. The first-order valence-electron chi connectivity index (χ1n) is 4.12. The molecule has 0 unspecified atom stereocenters. The second-order valence-electron chi connectivity index (χ2n) is 2.39. The molecule has 14 heavy (non-hydrogen) atoms. The Morgan fingerprint density at radius 3 is 1.29 bits per heavy atom. The maximum Gasteiger partial charge on any atom is 0.338 e. The van der Waals surface area contributed by atoms with Gasteiger partial charge in [-0.2, -0.15) is 0 Å². The zero-order valence-corrected chi connectivity index (χ0v) is 8.79. The summed E-state index contributed by atoms with van der Waals surface area (Å²) in [5.41, 5.74) is 0.420. The molecule has 0 heterocycles. The fraction of sp³-hybridized carbons (Fsp3) is 0.400. The lowest BCUT2D eigenvalue weighted by atomic mass is 10.1. The molecule has 0 spiro atoms. The molecule has 0 saturated heterocycles. The number of ether oxygens (including phenoxy) is 2. The first kappa shape index (κ1) is 12.4. The van der Waals surface area contributed by atoms with Crippen LogP contribution in [-0.4, -0.2) is 26.2 Å². The Bertz CT molecular complexity index is 256. The van der Waals surface area contributed by atoms with Gasteiger partial charge in [-0.3, -0.25) is 0 Å². The molecule has 4 nitrogen and oxygen atoms in total. The van der Waals surface area contributed by atoms with Gasteiger partial charge in [-0.25, -0.2) is 9.59 Å². The van der Waals surface area contributed by atoms with E-state index in [0.717, 1.165) is 0 Å². The number of allylic oxidation sites excluding steroid dienone is 2. The molecule has 0 aliphatic carbocycles. The van der Waals surface area contributed by atoms with Crippen LogP contribution in [0.15, 0.2) is 23.3 Å². The van der Waals surface area contributed by atoms with Crippen molar-refractivity contribution < 1.29 is 19.1 Å². The predicted molar refractivity (Wildman–Crippen MR) is 51.5 cm³/mol. The Balaban J connectivity index is 5.03. The van der Waals surface area contributed by atoms with Crippen molar-refractivity contribution >= 4 is 11.9 Å². The summed E-state index contributed by atoms with van der Waals surface area (Å²) in [5, 5.41) is 0. The molecule has 0 fully saturated rings. The van der Waals surface area contributed by atoms with Crippen LogP contribution in [0, 0.1) is 0 Å². The summed E-state index contributed by atoms with van der Waals surface area (Å²) in [6.07, 6.45) is 3.02. The molecule has 4 heteroatoms. The molecule has 0 bridgehead atoms. The number of rotatable bonds is 3. The fourth-order valence-electron chi connectivity index (χ4n) is 0.987. The van der Waals surface area contributed by atoms with E-state index < -0.39 is 11.9 Å². The Kier molecular flexibility index (Phi) is 5.29. The molecule has 78 valence electrons. The van der Waals surface area contributed by atoms with Crippen molar-refractivity contribution in [1.29, 1.82) is 0 Å². The van der Waals surface area contributed by atoms with Crippen LogP contribution in [0.1, 0.15) is 13.8 Å². The normalized spacial score (nSPS) is 12.3. The SMILES string of the molecule is C/C=C(C(=O)OC)\C(=C/C)C(=O)OC. The van der Waals surface area contributed by atoms with Crippen LogP contribution in [-0.2, 0) is 19.1 Å². The molecule has 0 aliphatic rings. The summed E-state index contributed by atoms with van der Waals surface area (Å²) < 4.78 is 9.05. The molecule has 0 rings (SSSR count). The average molecular weight is 198 g/mol. The molecule has 0 aliphatic heterocycles. The number of hydrogen-bond acceptors (Lipinski definition) is 4. The Hall–Kier alpha value is -1.58. The van der Waals surface area contributed by atoms with Crippen LogP contribution >= 0.6 is 0 Å². The van der Waals surface area contributed by atoms with Gasteiger partial charge in [0.05, 0.1) is 25.4 Å². The predicted octanol–water partition coefficient (Wildman–Crippen LogP) is 1.22. The maximum absolute atomic E-state index is 11.2. The third-order valence-corrected chi connectivity index (χ3v) is 1.68. The number of methoxy groups -OCH3 is 2. The zero-order valence-electron chi connectivity index (χ0n) is 8.79. The van der Waals surface area contributed by atoms with E-state index in [9.17, 15) is 9.59 Å². The van der Waals surface area contributed by atoms with Crippen molar-refractivity contribution in [2.24, 2.45) is 0 Å². The molecule has 0 aromatic carbocycles. The second-order valence-corrected chi connectivity index (χ2v) is 2.39. The van der Waals surface area contributed by atoms with Gasteiger partial charge in [-0.15, -0.1) is 0 Å². The number of carbonyl (C=O) groups is 2. The third kappa shape index (κ3) is 2.73. The Morgan fingerprint density at radius 1 is 0.857 bits per heavy atom. The number of carbonyl (C=O) groups excluding carboxylic acids is 2. The molecule has 0 N–H and O–H groups in total. The largest absolute Gasteiger partial charge is 0.465 e. The fourth-order valence-corrected chi connectivity index (χ4v) is 0.987. The van der Waals surface area contributed by atoms with Gasteiger partial charge in [-0.05, 0) is 13.8 Å². The van der Waals surface area contributed by atoms with Gasteiger partial charge in [0.25, 0.3) is 0 Å².